The molecule has 0 heterocycles. The van der Waals surface area contributed by atoms with E-state index >= 15 is 0 Å². The number of carbonyl (C=O) groups excluding carboxylic acids is 2. The van der Waals surface area contributed by atoms with Crippen molar-refractivity contribution in [2.75, 3.05) is 6.61 Å². The topological polar surface area (TPSA) is 52.6 Å². The van der Waals surface area contributed by atoms with E-state index in [-0.39, 0.29) is 0 Å². The smallest absolute Gasteiger partial charge is 0.422 e. The van der Waals surface area contributed by atoms with Crippen LogP contribution in [0.25, 0.3) is 6.08 Å². The van der Waals surface area contributed by atoms with Gasteiger partial charge in [0, 0.05) is 6.92 Å². The van der Waals surface area contributed by atoms with Gasteiger partial charge in [0.2, 0.25) is 5.76 Å². The second kappa shape index (κ2) is 6.74. The molecule has 1 aromatic carbocycles. The molecule has 0 unspecified atom stereocenters. The molecule has 0 aliphatic heterocycles. The van der Waals surface area contributed by atoms with E-state index in [0.29, 0.717) is 5.56 Å². The molecule has 1 aromatic rings. The predicted molar refractivity (Wildman–Crippen MR) is 63.2 cm³/mol. The van der Waals surface area contributed by atoms with E-state index in [9.17, 15) is 22.8 Å². The molecule has 0 fully saturated rings. The van der Waals surface area contributed by atoms with Crippen LogP contribution in [0.2, 0.25) is 0 Å². The summed E-state index contributed by atoms with van der Waals surface area (Å²) in [6.45, 7) is -0.727. The molecular weight excluding hydrogens is 277 g/mol. The number of benzene rings is 1. The lowest BCUT2D eigenvalue weighted by atomic mass is 10.2. The van der Waals surface area contributed by atoms with Crippen LogP contribution in [0.5, 0.6) is 0 Å². The number of rotatable bonds is 4. The Balaban J connectivity index is 2.87. The first kappa shape index (κ1) is 15.7. The monoisotopic (exact) mass is 288 g/mol. The zero-order chi connectivity index (χ0) is 15.2. The first-order chi connectivity index (χ1) is 9.28. The van der Waals surface area contributed by atoms with Crippen LogP contribution in [0.15, 0.2) is 36.1 Å². The lowest BCUT2D eigenvalue weighted by molar-refractivity contribution is -0.185. The van der Waals surface area contributed by atoms with Crippen molar-refractivity contribution in [3.8, 4) is 0 Å². The molecule has 0 amide bonds. The van der Waals surface area contributed by atoms with Crippen LogP contribution in [0.1, 0.15) is 12.5 Å². The van der Waals surface area contributed by atoms with Crippen LogP contribution in [0, 0.1) is 0 Å². The molecule has 0 atom stereocenters. The second-order valence-corrected chi connectivity index (χ2v) is 3.70. The van der Waals surface area contributed by atoms with Gasteiger partial charge in [0.1, 0.15) is 0 Å². The Morgan fingerprint density at radius 3 is 2.30 bits per heavy atom. The van der Waals surface area contributed by atoms with Crippen molar-refractivity contribution in [1.82, 2.24) is 0 Å². The standard InChI is InChI=1S/C13H11F3O4/c1-9(17)20-11(7-10-5-3-2-4-6-10)12(18)19-8-13(14,15)16/h2-7H,8H2,1H3/b11-7-. The summed E-state index contributed by atoms with van der Waals surface area (Å²) in [6, 6.07) is 8.18. The Kier molecular flexibility index (Phi) is 5.31. The van der Waals surface area contributed by atoms with Gasteiger partial charge >= 0.3 is 18.1 Å². The zero-order valence-electron chi connectivity index (χ0n) is 10.4. The fourth-order valence-corrected chi connectivity index (χ4v) is 1.20. The number of esters is 2. The summed E-state index contributed by atoms with van der Waals surface area (Å²) in [5, 5.41) is 0. The molecule has 0 N–H and O–H groups in total. The van der Waals surface area contributed by atoms with Crippen molar-refractivity contribution < 1.29 is 32.2 Å². The molecule has 7 heteroatoms. The van der Waals surface area contributed by atoms with Crippen molar-refractivity contribution in [3.05, 3.63) is 41.7 Å². The number of hydrogen-bond acceptors (Lipinski definition) is 4. The Labute approximate surface area is 112 Å². The van der Waals surface area contributed by atoms with Crippen molar-refractivity contribution in [3.63, 3.8) is 0 Å². The molecular formula is C13H11F3O4. The van der Waals surface area contributed by atoms with E-state index in [1.807, 2.05) is 0 Å². The molecule has 0 saturated heterocycles. The maximum Gasteiger partial charge on any atom is 0.422 e. The van der Waals surface area contributed by atoms with Gasteiger partial charge in [-0.15, -0.1) is 0 Å². The van der Waals surface area contributed by atoms with Gasteiger partial charge in [0.05, 0.1) is 0 Å². The Bertz CT molecular complexity index is 506. The highest BCUT2D eigenvalue weighted by molar-refractivity contribution is 5.94. The molecule has 0 aliphatic rings. The van der Waals surface area contributed by atoms with Crippen LogP contribution in [0.3, 0.4) is 0 Å². The highest BCUT2D eigenvalue weighted by Gasteiger charge is 2.30. The second-order valence-electron chi connectivity index (χ2n) is 3.70. The summed E-state index contributed by atoms with van der Waals surface area (Å²) in [5.41, 5.74) is 0.479. The van der Waals surface area contributed by atoms with E-state index in [1.165, 1.54) is 0 Å². The fourth-order valence-electron chi connectivity index (χ4n) is 1.20. The van der Waals surface area contributed by atoms with Gasteiger partial charge in [-0.3, -0.25) is 4.79 Å². The zero-order valence-corrected chi connectivity index (χ0v) is 10.4. The summed E-state index contributed by atoms with van der Waals surface area (Å²) >= 11 is 0. The summed E-state index contributed by atoms with van der Waals surface area (Å²) < 4.78 is 44.5. The lowest BCUT2D eigenvalue weighted by Gasteiger charge is -2.09. The largest absolute Gasteiger partial charge is 0.450 e. The Morgan fingerprint density at radius 2 is 1.80 bits per heavy atom. The van der Waals surface area contributed by atoms with Gasteiger partial charge in [-0.2, -0.15) is 13.2 Å². The van der Waals surface area contributed by atoms with E-state index in [1.54, 1.807) is 30.3 Å². The van der Waals surface area contributed by atoms with Crippen LogP contribution in [0.4, 0.5) is 13.2 Å². The number of alkyl halides is 3. The minimum absolute atomic E-state index is 0.479. The minimum atomic E-state index is -4.65. The number of ether oxygens (including phenoxy) is 2. The predicted octanol–water partition coefficient (Wildman–Crippen LogP) is 2.70. The lowest BCUT2D eigenvalue weighted by Crippen LogP contribution is -2.22. The number of halogens is 3. The first-order valence-corrected chi connectivity index (χ1v) is 5.47. The van der Waals surface area contributed by atoms with Crippen LogP contribution >= 0.6 is 0 Å². The van der Waals surface area contributed by atoms with Crippen LogP contribution in [-0.2, 0) is 19.1 Å². The van der Waals surface area contributed by atoms with E-state index in [2.05, 4.69) is 9.47 Å². The summed E-state index contributed by atoms with van der Waals surface area (Å²) in [6.07, 6.45) is -3.52. The van der Waals surface area contributed by atoms with Crippen molar-refractivity contribution in [2.24, 2.45) is 0 Å². The molecule has 0 saturated carbocycles. The highest BCUT2D eigenvalue weighted by Crippen LogP contribution is 2.16. The van der Waals surface area contributed by atoms with E-state index in [4.69, 9.17) is 0 Å². The number of hydrogen-bond donors (Lipinski definition) is 0. The van der Waals surface area contributed by atoms with E-state index < -0.39 is 30.5 Å². The quantitative estimate of drug-likeness (QED) is 0.485. The first-order valence-electron chi connectivity index (χ1n) is 5.47. The molecule has 0 radical (unpaired) electrons. The molecule has 1 rings (SSSR count). The van der Waals surface area contributed by atoms with E-state index in [0.717, 1.165) is 13.0 Å². The van der Waals surface area contributed by atoms with Crippen LogP contribution < -0.4 is 0 Å². The van der Waals surface area contributed by atoms with Gasteiger partial charge in [-0.05, 0) is 11.6 Å². The van der Waals surface area contributed by atoms with Gasteiger partial charge < -0.3 is 9.47 Å². The molecule has 0 spiro atoms. The van der Waals surface area contributed by atoms with Crippen LogP contribution in [-0.4, -0.2) is 24.7 Å². The third-order valence-corrected chi connectivity index (χ3v) is 1.92. The summed E-state index contributed by atoms with van der Waals surface area (Å²) in [5.74, 6) is -2.80. The van der Waals surface area contributed by atoms with Crippen molar-refractivity contribution in [2.45, 2.75) is 13.1 Å². The molecule has 0 aromatic heterocycles. The third kappa shape index (κ3) is 6.03. The van der Waals surface area contributed by atoms with Crippen molar-refractivity contribution >= 4 is 18.0 Å². The average molecular weight is 288 g/mol. The summed E-state index contributed by atoms with van der Waals surface area (Å²) in [4.78, 5) is 22.3. The van der Waals surface area contributed by atoms with Gasteiger partial charge in [0.25, 0.3) is 0 Å². The molecule has 20 heavy (non-hydrogen) atoms. The third-order valence-electron chi connectivity index (χ3n) is 1.92. The molecule has 4 nitrogen and oxygen atoms in total. The Morgan fingerprint density at radius 1 is 1.20 bits per heavy atom. The molecule has 0 bridgehead atoms. The SMILES string of the molecule is CC(=O)O/C(=C\c1ccccc1)C(=O)OCC(F)(F)F. The Hall–Kier alpha value is -2.31. The maximum absolute atomic E-state index is 12.0. The van der Waals surface area contributed by atoms with Gasteiger partial charge in [0.15, 0.2) is 6.61 Å². The maximum atomic E-state index is 12.0. The van der Waals surface area contributed by atoms with Gasteiger partial charge in [-0.25, -0.2) is 4.79 Å². The highest BCUT2D eigenvalue weighted by atomic mass is 19.4. The summed E-state index contributed by atoms with van der Waals surface area (Å²) in [7, 11) is 0. The average Bonchev–Trinajstić information content (AvgIpc) is 2.35. The van der Waals surface area contributed by atoms with Gasteiger partial charge in [-0.1, -0.05) is 30.3 Å². The normalized spacial score (nSPS) is 11.9. The molecule has 108 valence electrons. The number of carbonyl (C=O) groups is 2. The molecule has 0 aliphatic carbocycles. The fraction of sp³-hybridized carbons (Fsp3) is 0.231. The van der Waals surface area contributed by atoms with Crippen molar-refractivity contribution in [1.29, 1.82) is 0 Å². The minimum Gasteiger partial charge on any atom is -0.450 e.